The van der Waals surface area contributed by atoms with Crippen LogP contribution in [0.1, 0.15) is 28.0 Å². The Morgan fingerprint density at radius 3 is 2.88 bits per heavy atom. The van der Waals surface area contributed by atoms with Gasteiger partial charge >= 0.3 is 0 Å². The Morgan fingerprint density at radius 2 is 2.04 bits per heavy atom. The first kappa shape index (κ1) is 15.9. The van der Waals surface area contributed by atoms with Gasteiger partial charge in [0.05, 0.1) is 23.9 Å². The minimum absolute atomic E-state index is 0.155. The zero-order chi connectivity index (χ0) is 17.4. The third-order valence-corrected chi connectivity index (χ3v) is 4.79. The van der Waals surface area contributed by atoms with Crippen LogP contribution in [0, 0.1) is 0 Å². The summed E-state index contributed by atoms with van der Waals surface area (Å²) in [5, 5.41) is 4.37. The van der Waals surface area contributed by atoms with Crippen LogP contribution in [-0.4, -0.2) is 18.0 Å². The molecule has 4 nitrogen and oxygen atoms in total. The van der Waals surface area contributed by atoms with Crippen LogP contribution in [0.15, 0.2) is 42.5 Å². The largest absolute Gasteiger partial charge is 0.495 e. The SMILES string of the molecule is COc1ccccc1NC(=O)c1c2c(nc3ccc(Cl)cc13)CCC2. The van der Waals surface area contributed by atoms with E-state index >= 15 is 0 Å². The summed E-state index contributed by atoms with van der Waals surface area (Å²) in [6.07, 6.45) is 2.78. The van der Waals surface area contributed by atoms with Crippen molar-refractivity contribution in [2.24, 2.45) is 0 Å². The lowest BCUT2D eigenvalue weighted by atomic mass is 10.0. The maximum Gasteiger partial charge on any atom is 0.256 e. The number of amides is 1. The number of hydrogen-bond donors (Lipinski definition) is 1. The second kappa shape index (κ2) is 6.37. The molecule has 1 N–H and O–H groups in total. The van der Waals surface area contributed by atoms with Crippen molar-refractivity contribution in [3.8, 4) is 5.75 Å². The number of anilines is 1. The van der Waals surface area contributed by atoms with E-state index in [1.54, 1.807) is 13.2 Å². The lowest BCUT2D eigenvalue weighted by Gasteiger charge is -2.14. The average molecular weight is 353 g/mol. The molecule has 3 aromatic rings. The number of methoxy groups -OCH3 is 1. The van der Waals surface area contributed by atoms with Crippen LogP contribution in [0.2, 0.25) is 5.02 Å². The molecule has 4 rings (SSSR count). The smallest absolute Gasteiger partial charge is 0.256 e. The van der Waals surface area contributed by atoms with Gasteiger partial charge in [0.15, 0.2) is 0 Å². The molecule has 1 aromatic heterocycles. The Morgan fingerprint density at radius 1 is 1.20 bits per heavy atom. The van der Waals surface area contributed by atoms with E-state index < -0.39 is 0 Å². The van der Waals surface area contributed by atoms with Crippen LogP contribution in [0.3, 0.4) is 0 Å². The molecule has 1 amide bonds. The Bertz CT molecular complexity index is 985. The summed E-state index contributed by atoms with van der Waals surface area (Å²) in [7, 11) is 1.59. The molecule has 0 saturated carbocycles. The van der Waals surface area contributed by atoms with E-state index in [1.807, 2.05) is 36.4 Å². The van der Waals surface area contributed by atoms with E-state index in [1.165, 1.54) is 0 Å². The van der Waals surface area contributed by atoms with Crippen molar-refractivity contribution < 1.29 is 9.53 Å². The maximum absolute atomic E-state index is 13.1. The van der Waals surface area contributed by atoms with Crippen molar-refractivity contribution in [1.29, 1.82) is 0 Å². The third kappa shape index (κ3) is 2.83. The van der Waals surface area contributed by atoms with E-state index in [4.69, 9.17) is 21.3 Å². The number of aryl methyl sites for hydroxylation is 1. The van der Waals surface area contributed by atoms with Gasteiger partial charge < -0.3 is 10.1 Å². The Hall–Kier alpha value is -2.59. The number of nitrogens with zero attached hydrogens (tertiary/aromatic N) is 1. The molecule has 1 aliphatic carbocycles. The number of aromatic nitrogens is 1. The van der Waals surface area contributed by atoms with Crippen molar-refractivity contribution >= 4 is 34.1 Å². The van der Waals surface area contributed by atoms with Crippen molar-refractivity contribution in [2.45, 2.75) is 19.3 Å². The Kier molecular flexibility index (Phi) is 4.06. The van der Waals surface area contributed by atoms with Gasteiger partial charge in [0.1, 0.15) is 5.75 Å². The van der Waals surface area contributed by atoms with Crippen LogP contribution >= 0.6 is 11.6 Å². The average Bonchev–Trinajstić information content (AvgIpc) is 3.08. The summed E-state index contributed by atoms with van der Waals surface area (Å²) in [6.45, 7) is 0. The number of nitrogens with one attached hydrogen (secondary N) is 1. The molecular formula is C20H17ClN2O2. The molecule has 126 valence electrons. The first-order valence-corrected chi connectivity index (χ1v) is 8.60. The second-order valence-electron chi connectivity index (χ2n) is 6.08. The Labute approximate surface area is 150 Å². The number of hydrogen-bond acceptors (Lipinski definition) is 3. The van der Waals surface area contributed by atoms with E-state index in [0.717, 1.165) is 41.4 Å². The number of para-hydroxylation sites is 2. The van der Waals surface area contributed by atoms with Crippen LogP contribution in [0.5, 0.6) is 5.75 Å². The summed E-state index contributed by atoms with van der Waals surface area (Å²) in [6, 6.07) is 12.9. The van der Waals surface area contributed by atoms with E-state index in [2.05, 4.69) is 5.32 Å². The highest BCUT2D eigenvalue weighted by molar-refractivity contribution is 6.31. The maximum atomic E-state index is 13.1. The highest BCUT2D eigenvalue weighted by atomic mass is 35.5. The quantitative estimate of drug-likeness (QED) is 0.747. The number of benzene rings is 2. The number of halogens is 1. The van der Waals surface area contributed by atoms with Gasteiger partial charge in [0.2, 0.25) is 0 Å². The topological polar surface area (TPSA) is 51.2 Å². The van der Waals surface area contributed by atoms with E-state index in [-0.39, 0.29) is 5.91 Å². The van der Waals surface area contributed by atoms with Gasteiger partial charge in [-0.1, -0.05) is 23.7 Å². The predicted molar refractivity (Wildman–Crippen MR) is 99.7 cm³/mol. The molecule has 0 fully saturated rings. The minimum Gasteiger partial charge on any atom is -0.495 e. The summed E-state index contributed by atoms with van der Waals surface area (Å²) in [5.74, 6) is 0.473. The predicted octanol–water partition coefficient (Wildman–Crippen LogP) is 4.64. The molecule has 0 unspecified atom stereocenters. The van der Waals surface area contributed by atoms with Gasteiger partial charge in [-0.3, -0.25) is 9.78 Å². The molecular weight excluding hydrogens is 336 g/mol. The molecule has 0 atom stereocenters. The number of ether oxygens (including phenoxy) is 1. The highest BCUT2D eigenvalue weighted by Crippen LogP contribution is 2.33. The van der Waals surface area contributed by atoms with Gasteiger partial charge in [-0.15, -0.1) is 0 Å². The summed E-state index contributed by atoms with van der Waals surface area (Å²) >= 11 is 6.17. The molecule has 2 aromatic carbocycles. The van der Waals surface area contributed by atoms with Gasteiger partial charge in [0, 0.05) is 16.1 Å². The molecule has 1 heterocycles. The standard InChI is InChI=1S/C20H17ClN2O2/c1-25-18-8-3-2-6-17(18)23-20(24)19-13-5-4-7-15(13)22-16-10-9-12(21)11-14(16)19/h2-3,6,8-11H,4-5,7H2,1H3,(H,23,24). The molecule has 0 bridgehead atoms. The van der Waals surface area contributed by atoms with Gasteiger partial charge in [-0.05, 0) is 55.2 Å². The van der Waals surface area contributed by atoms with E-state index in [0.29, 0.717) is 22.0 Å². The molecule has 5 heteroatoms. The second-order valence-corrected chi connectivity index (χ2v) is 6.52. The number of fused-ring (bicyclic) bond motifs is 2. The van der Waals surface area contributed by atoms with Gasteiger partial charge in [0.25, 0.3) is 5.91 Å². The zero-order valence-electron chi connectivity index (χ0n) is 13.8. The third-order valence-electron chi connectivity index (χ3n) is 4.56. The van der Waals surface area contributed by atoms with Crippen molar-refractivity contribution in [1.82, 2.24) is 4.98 Å². The monoisotopic (exact) mass is 352 g/mol. The fraction of sp³-hybridized carbons (Fsp3) is 0.200. The van der Waals surface area contributed by atoms with Crippen molar-refractivity contribution in [2.75, 3.05) is 12.4 Å². The highest BCUT2D eigenvalue weighted by Gasteiger charge is 2.24. The summed E-state index contributed by atoms with van der Waals surface area (Å²) in [5.41, 5.74) is 4.16. The molecule has 1 aliphatic rings. The van der Waals surface area contributed by atoms with Crippen molar-refractivity contribution in [3.05, 3.63) is 64.3 Å². The van der Waals surface area contributed by atoms with E-state index in [9.17, 15) is 4.79 Å². The fourth-order valence-corrected chi connectivity index (χ4v) is 3.60. The van der Waals surface area contributed by atoms with Gasteiger partial charge in [-0.2, -0.15) is 0 Å². The number of carbonyl (C=O) groups excluding carboxylic acids is 1. The van der Waals surface area contributed by atoms with Crippen LogP contribution in [-0.2, 0) is 12.8 Å². The fourth-order valence-electron chi connectivity index (χ4n) is 3.43. The number of rotatable bonds is 3. The normalized spacial score (nSPS) is 12.9. The lowest BCUT2D eigenvalue weighted by Crippen LogP contribution is -2.16. The summed E-state index contributed by atoms with van der Waals surface area (Å²) < 4.78 is 5.33. The van der Waals surface area contributed by atoms with Crippen LogP contribution < -0.4 is 10.1 Å². The first-order valence-electron chi connectivity index (χ1n) is 8.23. The lowest BCUT2D eigenvalue weighted by molar-refractivity contribution is 0.102. The molecule has 0 spiro atoms. The number of pyridine rings is 1. The molecule has 25 heavy (non-hydrogen) atoms. The molecule has 0 saturated heterocycles. The first-order chi connectivity index (χ1) is 12.2. The summed E-state index contributed by atoms with van der Waals surface area (Å²) in [4.78, 5) is 17.8. The minimum atomic E-state index is -0.155. The molecule has 0 aliphatic heterocycles. The van der Waals surface area contributed by atoms with Crippen molar-refractivity contribution in [3.63, 3.8) is 0 Å². The Balaban J connectivity index is 1.85. The zero-order valence-corrected chi connectivity index (χ0v) is 14.6. The van der Waals surface area contributed by atoms with Crippen LogP contribution in [0.25, 0.3) is 10.9 Å². The number of carbonyl (C=O) groups is 1. The molecule has 0 radical (unpaired) electrons. The van der Waals surface area contributed by atoms with Gasteiger partial charge in [-0.25, -0.2) is 0 Å². The van der Waals surface area contributed by atoms with Crippen LogP contribution in [0.4, 0.5) is 5.69 Å².